The van der Waals surface area contributed by atoms with E-state index >= 15 is 0 Å². The number of benzene rings is 1. The molecule has 1 aromatic carbocycles. The van der Waals surface area contributed by atoms with Gasteiger partial charge in [0.15, 0.2) is 5.76 Å². The standard InChI is InChI=1S/C23H26ClN3O3/c1-14-6-3-4-13-27(14)23(29)21-15(2)20-18(7-5-8-19(20)30-21)25-26-22(28)16-9-11-17(24)12-10-16/h9-12,14H,3-8,13H2,1-2H3,(H,26,28)/b25-18+. The third kappa shape index (κ3) is 4.01. The van der Waals surface area contributed by atoms with Crippen LogP contribution in [0.25, 0.3) is 0 Å². The zero-order valence-corrected chi connectivity index (χ0v) is 18.1. The van der Waals surface area contributed by atoms with Gasteiger partial charge in [0.25, 0.3) is 11.8 Å². The number of amides is 2. The molecule has 1 saturated heterocycles. The normalized spacial score (nSPS) is 20.2. The van der Waals surface area contributed by atoms with Crippen molar-refractivity contribution in [2.75, 3.05) is 6.54 Å². The minimum Gasteiger partial charge on any atom is -0.455 e. The first-order valence-electron chi connectivity index (χ1n) is 10.5. The number of carbonyl (C=O) groups excluding carboxylic acids is 2. The Morgan fingerprint density at radius 1 is 1.17 bits per heavy atom. The van der Waals surface area contributed by atoms with E-state index in [1.54, 1.807) is 24.3 Å². The highest BCUT2D eigenvalue weighted by molar-refractivity contribution is 6.30. The van der Waals surface area contributed by atoms with Crippen molar-refractivity contribution in [2.45, 2.75) is 58.4 Å². The second-order valence-electron chi connectivity index (χ2n) is 8.06. The molecule has 0 bridgehead atoms. The number of halogens is 1. The number of rotatable bonds is 3. The maximum absolute atomic E-state index is 13.1. The molecule has 4 rings (SSSR count). The molecule has 1 unspecified atom stereocenters. The van der Waals surface area contributed by atoms with E-state index in [4.69, 9.17) is 16.0 Å². The van der Waals surface area contributed by atoms with Gasteiger partial charge >= 0.3 is 0 Å². The van der Waals surface area contributed by atoms with Gasteiger partial charge in [0.05, 0.1) is 5.71 Å². The zero-order valence-electron chi connectivity index (χ0n) is 17.3. The van der Waals surface area contributed by atoms with Gasteiger partial charge in [0.2, 0.25) is 0 Å². The van der Waals surface area contributed by atoms with Crippen LogP contribution in [0.3, 0.4) is 0 Å². The number of fused-ring (bicyclic) bond motifs is 1. The largest absolute Gasteiger partial charge is 0.455 e. The second-order valence-corrected chi connectivity index (χ2v) is 8.49. The molecule has 2 aliphatic rings. The molecule has 1 N–H and O–H groups in total. The number of carbonyl (C=O) groups is 2. The lowest BCUT2D eigenvalue weighted by Crippen LogP contribution is -2.42. The number of nitrogens with one attached hydrogen (secondary N) is 1. The van der Waals surface area contributed by atoms with Gasteiger partial charge in [-0.15, -0.1) is 0 Å². The highest BCUT2D eigenvalue weighted by atomic mass is 35.5. The third-order valence-electron chi connectivity index (χ3n) is 5.98. The van der Waals surface area contributed by atoms with E-state index in [1.165, 1.54) is 0 Å². The number of hydrogen-bond donors (Lipinski definition) is 1. The van der Waals surface area contributed by atoms with Crippen molar-refractivity contribution in [1.82, 2.24) is 10.3 Å². The van der Waals surface area contributed by atoms with Crippen LogP contribution in [0.4, 0.5) is 0 Å². The number of hydrazone groups is 1. The smallest absolute Gasteiger partial charge is 0.290 e. The zero-order chi connectivity index (χ0) is 21.3. The molecule has 0 spiro atoms. The maximum Gasteiger partial charge on any atom is 0.290 e. The molecule has 2 aromatic rings. The monoisotopic (exact) mass is 427 g/mol. The molecule has 1 aliphatic heterocycles. The molecule has 30 heavy (non-hydrogen) atoms. The molecule has 1 atom stereocenters. The second kappa shape index (κ2) is 8.64. The maximum atomic E-state index is 13.1. The quantitative estimate of drug-likeness (QED) is 0.719. The predicted molar refractivity (Wildman–Crippen MR) is 116 cm³/mol. The summed E-state index contributed by atoms with van der Waals surface area (Å²) in [6, 6.07) is 6.87. The average molecular weight is 428 g/mol. The average Bonchev–Trinajstić information content (AvgIpc) is 3.09. The Bertz CT molecular complexity index is 994. The fourth-order valence-corrected chi connectivity index (χ4v) is 4.42. The van der Waals surface area contributed by atoms with Crippen LogP contribution in [-0.4, -0.2) is 35.0 Å². The van der Waals surface area contributed by atoms with Crippen molar-refractivity contribution in [3.63, 3.8) is 0 Å². The number of nitrogens with zero attached hydrogens (tertiary/aromatic N) is 2. The van der Waals surface area contributed by atoms with Crippen LogP contribution in [-0.2, 0) is 6.42 Å². The van der Waals surface area contributed by atoms with Crippen molar-refractivity contribution >= 4 is 29.1 Å². The van der Waals surface area contributed by atoms with Crippen molar-refractivity contribution in [3.8, 4) is 0 Å². The van der Waals surface area contributed by atoms with Crippen molar-refractivity contribution in [1.29, 1.82) is 0 Å². The summed E-state index contributed by atoms with van der Waals surface area (Å²) in [6.07, 6.45) is 5.56. The summed E-state index contributed by atoms with van der Waals surface area (Å²) in [7, 11) is 0. The summed E-state index contributed by atoms with van der Waals surface area (Å²) in [5.41, 5.74) is 5.55. The summed E-state index contributed by atoms with van der Waals surface area (Å²) in [6.45, 7) is 4.77. The lowest BCUT2D eigenvalue weighted by molar-refractivity contribution is 0.0600. The first-order valence-corrected chi connectivity index (χ1v) is 10.9. The predicted octanol–water partition coefficient (Wildman–Crippen LogP) is 4.73. The van der Waals surface area contributed by atoms with Gasteiger partial charge in [0.1, 0.15) is 5.76 Å². The Morgan fingerprint density at radius 2 is 1.93 bits per heavy atom. The summed E-state index contributed by atoms with van der Waals surface area (Å²) >= 11 is 5.88. The topological polar surface area (TPSA) is 74.9 Å². The molecular formula is C23H26ClN3O3. The van der Waals surface area contributed by atoms with Crippen LogP contribution in [0.1, 0.15) is 76.8 Å². The summed E-state index contributed by atoms with van der Waals surface area (Å²) in [5, 5.41) is 4.96. The van der Waals surface area contributed by atoms with Crippen LogP contribution in [0.15, 0.2) is 33.8 Å². The summed E-state index contributed by atoms with van der Waals surface area (Å²) in [5.74, 6) is 0.850. The Labute approximate surface area is 181 Å². The van der Waals surface area contributed by atoms with Gasteiger partial charge in [0, 0.05) is 40.7 Å². The fourth-order valence-electron chi connectivity index (χ4n) is 4.30. The van der Waals surface area contributed by atoms with Gasteiger partial charge < -0.3 is 9.32 Å². The third-order valence-corrected chi connectivity index (χ3v) is 6.23. The number of likely N-dealkylation sites (tertiary alicyclic amines) is 1. The molecule has 1 fully saturated rings. The first-order chi connectivity index (χ1) is 14.5. The Morgan fingerprint density at radius 3 is 2.67 bits per heavy atom. The summed E-state index contributed by atoms with van der Waals surface area (Å²) in [4.78, 5) is 27.5. The van der Waals surface area contributed by atoms with E-state index in [0.717, 1.165) is 67.7 Å². The molecule has 1 aromatic heterocycles. The van der Waals surface area contributed by atoms with E-state index < -0.39 is 0 Å². The number of hydrogen-bond acceptors (Lipinski definition) is 4. The minimum atomic E-state index is -0.300. The van der Waals surface area contributed by atoms with Gasteiger partial charge in [-0.3, -0.25) is 9.59 Å². The molecule has 158 valence electrons. The van der Waals surface area contributed by atoms with Crippen molar-refractivity contribution in [2.24, 2.45) is 5.10 Å². The molecule has 1 aliphatic carbocycles. The Balaban J connectivity index is 1.58. The van der Waals surface area contributed by atoms with Gasteiger partial charge in [-0.2, -0.15) is 5.10 Å². The molecule has 0 radical (unpaired) electrons. The number of aryl methyl sites for hydroxylation is 1. The Kier molecular flexibility index (Phi) is 5.95. The van der Waals surface area contributed by atoms with E-state index in [2.05, 4.69) is 17.5 Å². The lowest BCUT2D eigenvalue weighted by Gasteiger charge is -2.32. The van der Waals surface area contributed by atoms with E-state index in [0.29, 0.717) is 16.3 Å². The Hall–Kier alpha value is -2.60. The molecule has 2 amide bonds. The van der Waals surface area contributed by atoms with Crippen LogP contribution in [0.2, 0.25) is 5.02 Å². The lowest BCUT2D eigenvalue weighted by atomic mass is 9.93. The molecule has 0 saturated carbocycles. The van der Waals surface area contributed by atoms with Crippen LogP contribution in [0, 0.1) is 6.92 Å². The van der Waals surface area contributed by atoms with Gasteiger partial charge in [-0.05, 0) is 70.2 Å². The van der Waals surface area contributed by atoms with Gasteiger partial charge in [-0.1, -0.05) is 11.6 Å². The van der Waals surface area contributed by atoms with E-state index in [9.17, 15) is 9.59 Å². The minimum absolute atomic E-state index is 0.0429. The SMILES string of the molecule is Cc1c(C(=O)N2CCCCC2C)oc2c1/C(=N/NC(=O)c1ccc(Cl)cc1)CCC2. The molecule has 7 heteroatoms. The molecular weight excluding hydrogens is 402 g/mol. The van der Waals surface area contributed by atoms with Crippen LogP contribution in [0.5, 0.6) is 0 Å². The first kappa shape index (κ1) is 20.7. The fraction of sp³-hybridized carbons (Fsp3) is 0.435. The number of piperidine rings is 1. The molecule has 6 nitrogen and oxygen atoms in total. The summed E-state index contributed by atoms with van der Waals surface area (Å²) < 4.78 is 6.04. The van der Waals surface area contributed by atoms with Gasteiger partial charge in [-0.25, -0.2) is 5.43 Å². The van der Waals surface area contributed by atoms with Crippen LogP contribution < -0.4 is 5.43 Å². The van der Waals surface area contributed by atoms with Crippen molar-refractivity contribution in [3.05, 3.63) is 57.5 Å². The van der Waals surface area contributed by atoms with Crippen molar-refractivity contribution < 1.29 is 14.0 Å². The highest BCUT2D eigenvalue weighted by Gasteiger charge is 2.32. The number of furan rings is 1. The highest BCUT2D eigenvalue weighted by Crippen LogP contribution is 2.31. The van der Waals surface area contributed by atoms with E-state index in [1.807, 2.05) is 11.8 Å². The van der Waals surface area contributed by atoms with E-state index in [-0.39, 0.29) is 17.9 Å². The molecule has 2 heterocycles. The van der Waals surface area contributed by atoms with Crippen LogP contribution >= 0.6 is 11.6 Å².